The summed E-state index contributed by atoms with van der Waals surface area (Å²) in [6.07, 6.45) is 1.19. The highest BCUT2D eigenvalue weighted by atomic mass is 16.5. The molecule has 2 amide bonds. The summed E-state index contributed by atoms with van der Waals surface area (Å²) in [6.45, 7) is 8.08. The van der Waals surface area contributed by atoms with E-state index < -0.39 is 0 Å². The number of nitrogens with zero attached hydrogens (tertiary/aromatic N) is 3. The highest BCUT2D eigenvalue weighted by Crippen LogP contribution is 2.20. The number of amides is 2. The lowest BCUT2D eigenvalue weighted by Gasteiger charge is -2.38. The van der Waals surface area contributed by atoms with Gasteiger partial charge in [-0.05, 0) is 25.5 Å². The highest BCUT2D eigenvalue weighted by Gasteiger charge is 2.33. The zero-order chi connectivity index (χ0) is 18.4. The molecule has 0 bridgehead atoms. The molecular formula is C20H29N3O3. The van der Waals surface area contributed by atoms with E-state index in [0.29, 0.717) is 32.5 Å². The Kier molecular flexibility index (Phi) is 6.50. The zero-order valence-electron chi connectivity index (χ0n) is 15.6. The largest absolute Gasteiger partial charge is 0.492 e. The molecule has 6 nitrogen and oxygen atoms in total. The summed E-state index contributed by atoms with van der Waals surface area (Å²) < 4.78 is 5.75. The van der Waals surface area contributed by atoms with E-state index >= 15 is 0 Å². The maximum Gasteiger partial charge on any atom is 0.227 e. The standard InChI is InChI=1S/C20H29N3O3/c1-2-22-16-17(8-9-19(22)24)20(25)23-12-10-21(11-13-23)14-15-26-18-6-4-3-5-7-18/h3-7,17H,2,8-16H2,1H3/t17-/m1/s1. The molecule has 1 aromatic carbocycles. The second-order valence-corrected chi connectivity index (χ2v) is 7.00. The van der Waals surface area contributed by atoms with Crippen LogP contribution in [0.15, 0.2) is 30.3 Å². The molecule has 26 heavy (non-hydrogen) atoms. The number of ether oxygens (including phenoxy) is 1. The molecule has 1 aromatic rings. The van der Waals surface area contributed by atoms with Crippen LogP contribution in [0.25, 0.3) is 0 Å². The third-order valence-electron chi connectivity index (χ3n) is 5.33. The van der Waals surface area contributed by atoms with Gasteiger partial charge in [0.1, 0.15) is 12.4 Å². The van der Waals surface area contributed by atoms with E-state index in [1.165, 1.54) is 0 Å². The lowest BCUT2D eigenvalue weighted by molar-refractivity contribution is -0.144. The van der Waals surface area contributed by atoms with Gasteiger partial charge in [-0.1, -0.05) is 18.2 Å². The van der Waals surface area contributed by atoms with Gasteiger partial charge in [0.2, 0.25) is 11.8 Å². The minimum atomic E-state index is -0.0272. The Balaban J connectivity index is 1.39. The second kappa shape index (κ2) is 9.03. The summed E-state index contributed by atoms with van der Waals surface area (Å²) in [4.78, 5) is 30.7. The van der Waals surface area contributed by atoms with Crippen molar-refractivity contribution in [1.82, 2.24) is 14.7 Å². The van der Waals surface area contributed by atoms with Crippen LogP contribution in [0.2, 0.25) is 0 Å². The maximum atomic E-state index is 12.8. The van der Waals surface area contributed by atoms with Crippen molar-refractivity contribution in [3.8, 4) is 5.75 Å². The summed E-state index contributed by atoms with van der Waals surface area (Å²) in [5.41, 5.74) is 0. The summed E-state index contributed by atoms with van der Waals surface area (Å²) in [5.74, 6) is 1.27. The SMILES string of the molecule is CCN1C[C@H](C(=O)N2CCN(CCOc3ccccc3)CC2)CCC1=O. The Labute approximate surface area is 155 Å². The van der Waals surface area contributed by atoms with Gasteiger partial charge in [-0.2, -0.15) is 0 Å². The normalized spacial score (nSPS) is 21.7. The Morgan fingerprint density at radius 3 is 2.58 bits per heavy atom. The molecule has 0 saturated carbocycles. The van der Waals surface area contributed by atoms with E-state index in [0.717, 1.165) is 38.5 Å². The number of benzene rings is 1. The molecular weight excluding hydrogens is 330 g/mol. The monoisotopic (exact) mass is 359 g/mol. The first-order chi connectivity index (χ1) is 12.7. The van der Waals surface area contributed by atoms with Gasteiger partial charge in [0.05, 0.1) is 5.92 Å². The van der Waals surface area contributed by atoms with Gasteiger partial charge >= 0.3 is 0 Å². The summed E-state index contributed by atoms with van der Waals surface area (Å²) >= 11 is 0. The number of piperazine rings is 1. The van der Waals surface area contributed by atoms with Crippen LogP contribution in [0.5, 0.6) is 5.75 Å². The molecule has 0 aromatic heterocycles. The van der Waals surface area contributed by atoms with Crippen molar-refractivity contribution in [2.75, 3.05) is 52.4 Å². The van der Waals surface area contributed by atoms with Gasteiger partial charge in [-0.15, -0.1) is 0 Å². The Hall–Kier alpha value is -2.08. The fourth-order valence-electron chi connectivity index (χ4n) is 3.68. The van der Waals surface area contributed by atoms with Crippen LogP contribution in [0, 0.1) is 5.92 Å². The molecule has 0 radical (unpaired) electrons. The van der Waals surface area contributed by atoms with Gasteiger partial charge in [0, 0.05) is 52.2 Å². The molecule has 0 N–H and O–H groups in total. The third-order valence-corrected chi connectivity index (χ3v) is 5.33. The summed E-state index contributed by atoms with van der Waals surface area (Å²) in [5, 5.41) is 0. The number of piperidine rings is 1. The van der Waals surface area contributed by atoms with Crippen molar-refractivity contribution in [2.45, 2.75) is 19.8 Å². The number of carbonyl (C=O) groups is 2. The van der Waals surface area contributed by atoms with Crippen molar-refractivity contribution in [3.05, 3.63) is 30.3 Å². The van der Waals surface area contributed by atoms with Crippen LogP contribution in [-0.2, 0) is 9.59 Å². The average molecular weight is 359 g/mol. The number of hydrogen-bond acceptors (Lipinski definition) is 4. The van der Waals surface area contributed by atoms with E-state index in [2.05, 4.69) is 4.90 Å². The first kappa shape index (κ1) is 18.7. The predicted octanol–water partition coefficient (Wildman–Crippen LogP) is 1.47. The molecule has 2 aliphatic heterocycles. The number of likely N-dealkylation sites (tertiary alicyclic amines) is 1. The zero-order valence-corrected chi connectivity index (χ0v) is 15.6. The number of hydrogen-bond donors (Lipinski definition) is 0. The van der Waals surface area contributed by atoms with Crippen LogP contribution in [0.4, 0.5) is 0 Å². The second-order valence-electron chi connectivity index (χ2n) is 7.00. The van der Waals surface area contributed by atoms with Crippen LogP contribution in [0.3, 0.4) is 0 Å². The Morgan fingerprint density at radius 2 is 1.88 bits per heavy atom. The van der Waals surface area contributed by atoms with E-state index in [-0.39, 0.29) is 17.7 Å². The minimum Gasteiger partial charge on any atom is -0.492 e. The van der Waals surface area contributed by atoms with Crippen molar-refractivity contribution in [1.29, 1.82) is 0 Å². The van der Waals surface area contributed by atoms with Gasteiger partial charge in [-0.3, -0.25) is 14.5 Å². The number of para-hydroxylation sites is 1. The first-order valence-electron chi connectivity index (χ1n) is 9.64. The molecule has 6 heteroatoms. The minimum absolute atomic E-state index is 0.0272. The lowest BCUT2D eigenvalue weighted by atomic mass is 9.95. The van der Waals surface area contributed by atoms with Crippen LogP contribution < -0.4 is 4.74 Å². The van der Waals surface area contributed by atoms with Crippen molar-refractivity contribution in [3.63, 3.8) is 0 Å². The summed E-state index contributed by atoms with van der Waals surface area (Å²) in [6, 6.07) is 9.84. The molecule has 2 saturated heterocycles. The quantitative estimate of drug-likeness (QED) is 0.772. The third kappa shape index (κ3) is 4.75. The molecule has 0 spiro atoms. The van der Waals surface area contributed by atoms with Gasteiger partial charge in [0.15, 0.2) is 0 Å². The van der Waals surface area contributed by atoms with Crippen molar-refractivity contribution >= 4 is 11.8 Å². The van der Waals surface area contributed by atoms with E-state index in [9.17, 15) is 9.59 Å². The maximum absolute atomic E-state index is 12.8. The number of rotatable bonds is 6. The highest BCUT2D eigenvalue weighted by molar-refractivity contribution is 5.84. The lowest BCUT2D eigenvalue weighted by Crippen LogP contribution is -2.53. The topological polar surface area (TPSA) is 53.1 Å². The fraction of sp³-hybridized carbons (Fsp3) is 0.600. The molecule has 0 aliphatic carbocycles. The molecule has 1 atom stereocenters. The smallest absolute Gasteiger partial charge is 0.227 e. The van der Waals surface area contributed by atoms with Crippen LogP contribution >= 0.6 is 0 Å². The van der Waals surface area contributed by atoms with Crippen LogP contribution in [-0.4, -0.2) is 78.9 Å². The van der Waals surface area contributed by atoms with Gasteiger partial charge in [0.25, 0.3) is 0 Å². The molecule has 142 valence electrons. The van der Waals surface area contributed by atoms with Crippen molar-refractivity contribution in [2.24, 2.45) is 5.92 Å². The summed E-state index contributed by atoms with van der Waals surface area (Å²) in [7, 11) is 0. The number of carbonyl (C=O) groups excluding carboxylic acids is 2. The van der Waals surface area contributed by atoms with Gasteiger partial charge in [-0.25, -0.2) is 0 Å². The van der Waals surface area contributed by atoms with Crippen molar-refractivity contribution < 1.29 is 14.3 Å². The van der Waals surface area contributed by atoms with E-state index in [1.807, 2.05) is 47.1 Å². The van der Waals surface area contributed by atoms with Gasteiger partial charge < -0.3 is 14.5 Å². The molecule has 2 aliphatic rings. The average Bonchev–Trinajstić information content (AvgIpc) is 2.69. The Morgan fingerprint density at radius 1 is 1.15 bits per heavy atom. The molecule has 0 unspecified atom stereocenters. The predicted molar refractivity (Wildman–Crippen MR) is 99.9 cm³/mol. The van der Waals surface area contributed by atoms with Crippen LogP contribution in [0.1, 0.15) is 19.8 Å². The van der Waals surface area contributed by atoms with E-state index in [1.54, 1.807) is 0 Å². The molecule has 2 fully saturated rings. The Bertz CT molecular complexity index is 600. The first-order valence-corrected chi connectivity index (χ1v) is 9.64. The van der Waals surface area contributed by atoms with E-state index in [4.69, 9.17) is 4.74 Å². The molecule has 3 rings (SSSR count). The fourth-order valence-corrected chi connectivity index (χ4v) is 3.68. The molecule has 2 heterocycles.